The molecule has 78 valence electrons. The Morgan fingerprint density at radius 1 is 1.47 bits per heavy atom. The summed E-state index contributed by atoms with van der Waals surface area (Å²) in [6, 6.07) is 1.48. The van der Waals surface area contributed by atoms with Crippen molar-refractivity contribution in [3.63, 3.8) is 0 Å². The Morgan fingerprint density at radius 2 is 2.27 bits per heavy atom. The number of nitrogens with zero attached hydrogens (tertiary/aromatic N) is 2. The Labute approximate surface area is 92.7 Å². The van der Waals surface area contributed by atoms with E-state index in [9.17, 15) is 4.79 Å². The zero-order valence-electron chi connectivity index (χ0n) is 8.14. The second-order valence-electron chi connectivity index (χ2n) is 2.60. The van der Waals surface area contributed by atoms with Gasteiger partial charge in [-0.25, -0.2) is 9.97 Å². The average Bonchev–Trinajstić information content (AvgIpc) is 2.18. The summed E-state index contributed by atoms with van der Waals surface area (Å²) in [6.07, 6.45) is 7.90. The highest BCUT2D eigenvalue weighted by Gasteiger charge is 1.99. The number of hydrogen-bond acceptors (Lipinski definition) is 3. The highest BCUT2D eigenvalue weighted by Crippen LogP contribution is 2.08. The van der Waals surface area contributed by atoms with E-state index in [2.05, 4.69) is 15.3 Å². The van der Waals surface area contributed by atoms with Gasteiger partial charge >= 0.3 is 0 Å². The molecule has 15 heavy (non-hydrogen) atoms. The lowest BCUT2D eigenvalue weighted by Gasteiger charge is -1.99. The van der Waals surface area contributed by atoms with Crippen LogP contribution in [-0.4, -0.2) is 15.9 Å². The van der Waals surface area contributed by atoms with Gasteiger partial charge in [0.05, 0.1) is 0 Å². The maximum Gasteiger partial charge on any atom is 0.249 e. The van der Waals surface area contributed by atoms with Crippen molar-refractivity contribution in [3.05, 3.63) is 41.9 Å². The zero-order chi connectivity index (χ0) is 11.1. The van der Waals surface area contributed by atoms with E-state index in [1.54, 1.807) is 12.2 Å². The van der Waals surface area contributed by atoms with Crippen molar-refractivity contribution in [1.82, 2.24) is 9.97 Å². The first-order chi connectivity index (χ1) is 7.22. The fourth-order valence-electron chi connectivity index (χ4n) is 0.824. The van der Waals surface area contributed by atoms with Crippen LogP contribution in [-0.2, 0) is 4.79 Å². The summed E-state index contributed by atoms with van der Waals surface area (Å²) in [6.45, 7) is 1.87. The van der Waals surface area contributed by atoms with Gasteiger partial charge in [0.25, 0.3) is 0 Å². The first-order valence-electron chi connectivity index (χ1n) is 4.30. The van der Waals surface area contributed by atoms with Crippen LogP contribution < -0.4 is 5.32 Å². The van der Waals surface area contributed by atoms with E-state index in [0.717, 1.165) is 0 Å². The van der Waals surface area contributed by atoms with Crippen LogP contribution in [0.25, 0.3) is 0 Å². The molecule has 0 aromatic carbocycles. The molecule has 4 nitrogen and oxygen atoms in total. The van der Waals surface area contributed by atoms with Gasteiger partial charge in [0.15, 0.2) is 0 Å². The Balaban J connectivity index is 2.59. The van der Waals surface area contributed by atoms with Gasteiger partial charge < -0.3 is 5.32 Å². The molecule has 0 unspecified atom stereocenters. The van der Waals surface area contributed by atoms with Crippen molar-refractivity contribution < 1.29 is 4.79 Å². The van der Waals surface area contributed by atoms with E-state index in [4.69, 9.17) is 11.6 Å². The number of halogens is 1. The molecule has 0 aliphatic rings. The van der Waals surface area contributed by atoms with Crippen molar-refractivity contribution in [2.75, 3.05) is 5.32 Å². The third-order valence-electron chi connectivity index (χ3n) is 1.44. The largest absolute Gasteiger partial charge is 0.307 e. The van der Waals surface area contributed by atoms with E-state index >= 15 is 0 Å². The summed E-state index contributed by atoms with van der Waals surface area (Å²) < 4.78 is 0. The molecule has 1 aromatic rings. The van der Waals surface area contributed by atoms with Gasteiger partial charge in [0.1, 0.15) is 17.3 Å². The number of anilines is 1. The fourth-order valence-corrected chi connectivity index (χ4v) is 0.971. The Hall–Kier alpha value is -1.68. The number of allylic oxidation sites excluding steroid dienone is 3. The lowest BCUT2D eigenvalue weighted by molar-refractivity contribution is -0.111. The molecule has 1 N–H and O–H groups in total. The maximum absolute atomic E-state index is 11.3. The van der Waals surface area contributed by atoms with Gasteiger partial charge in [-0.05, 0) is 6.92 Å². The molecule has 1 rings (SSSR count). The normalized spacial score (nSPS) is 11.1. The van der Waals surface area contributed by atoms with Crippen molar-refractivity contribution in [2.45, 2.75) is 6.92 Å². The molecular formula is C10H10ClN3O. The third-order valence-corrected chi connectivity index (χ3v) is 1.64. The topological polar surface area (TPSA) is 54.9 Å². The van der Waals surface area contributed by atoms with E-state index in [0.29, 0.717) is 5.82 Å². The molecule has 0 aliphatic heterocycles. The van der Waals surface area contributed by atoms with Crippen LogP contribution in [0.4, 0.5) is 5.82 Å². The molecule has 0 saturated heterocycles. The van der Waals surface area contributed by atoms with Crippen LogP contribution in [0, 0.1) is 0 Å². The lowest BCUT2D eigenvalue weighted by atomic mass is 10.4. The predicted molar refractivity (Wildman–Crippen MR) is 59.6 cm³/mol. The molecule has 0 radical (unpaired) electrons. The minimum atomic E-state index is -0.261. The lowest BCUT2D eigenvalue weighted by Crippen LogP contribution is -2.09. The summed E-state index contributed by atoms with van der Waals surface area (Å²) in [5.41, 5.74) is 0. The molecule has 0 aliphatic carbocycles. The van der Waals surface area contributed by atoms with Gasteiger partial charge in [-0.2, -0.15) is 0 Å². The van der Waals surface area contributed by atoms with Crippen LogP contribution in [0.3, 0.4) is 0 Å². The average molecular weight is 224 g/mol. The molecule has 1 aromatic heterocycles. The SMILES string of the molecule is CC=CC=CC(=O)Nc1cc(Cl)ncn1. The molecule has 1 amide bonds. The Kier molecular flexibility index (Phi) is 4.50. The fraction of sp³-hybridized carbons (Fsp3) is 0.100. The number of carbonyl (C=O) groups excluding carboxylic acids is 1. The number of aromatic nitrogens is 2. The molecule has 0 spiro atoms. The minimum absolute atomic E-state index is 0.261. The smallest absolute Gasteiger partial charge is 0.249 e. The summed E-state index contributed by atoms with van der Waals surface area (Å²) in [5.74, 6) is 0.119. The van der Waals surface area contributed by atoms with E-state index in [-0.39, 0.29) is 11.1 Å². The summed E-state index contributed by atoms with van der Waals surface area (Å²) in [5, 5.41) is 2.84. The number of carbonyl (C=O) groups is 1. The predicted octanol–water partition coefficient (Wildman–Crippen LogP) is 2.20. The van der Waals surface area contributed by atoms with Crippen molar-refractivity contribution in [2.24, 2.45) is 0 Å². The first-order valence-corrected chi connectivity index (χ1v) is 4.68. The first kappa shape index (κ1) is 11.4. The molecule has 0 saturated carbocycles. The Bertz CT molecular complexity index is 401. The van der Waals surface area contributed by atoms with Crippen LogP contribution in [0.5, 0.6) is 0 Å². The number of hydrogen-bond donors (Lipinski definition) is 1. The molecule has 0 bridgehead atoms. The van der Waals surface area contributed by atoms with E-state index in [1.807, 2.05) is 13.0 Å². The number of rotatable bonds is 3. The minimum Gasteiger partial charge on any atom is -0.307 e. The Morgan fingerprint density at radius 3 is 2.93 bits per heavy atom. The van der Waals surface area contributed by atoms with Crippen molar-refractivity contribution in [1.29, 1.82) is 0 Å². The van der Waals surface area contributed by atoms with Gasteiger partial charge in [0, 0.05) is 12.1 Å². The molecule has 0 fully saturated rings. The van der Waals surface area contributed by atoms with Crippen LogP contribution in [0.2, 0.25) is 5.15 Å². The van der Waals surface area contributed by atoms with Gasteiger partial charge in [-0.3, -0.25) is 4.79 Å². The molecule has 0 atom stereocenters. The number of nitrogens with one attached hydrogen (secondary N) is 1. The monoisotopic (exact) mass is 223 g/mol. The van der Waals surface area contributed by atoms with Crippen molar-refractivity contribution >= 4 is 23.3 Å². The molecule has 1 heterocycles. The van der Waals surface area contributed by atoms with Gasteiger partial charge in [0.2, 0.25) is 5.91 Å². The number of amides is 1. The maximum atomic E-state index is 11.3. The standard InChI is InChI=1S/C10H10ClN3O/c1-2-3-4-5-10(15)14-9-6-8(11)12-7-13-9/h2-7H,1H3,(H,12,13,14,15). The quantitative estimate of drug-likeness (QED) is 0.486. The van der Waals surface area contributed by atoms with Gasteiger partial charge in [-0.15, -0.1) is 0 Å². The van der Waals surface area contributed by atoms with E-state index in [1.165, 1.54) is 18.5 Å². The van der Waals surface area contributed by atoms with Crippen LogP contribution >= 0.6 is 11.6 Å². The summed E-state index contributed by atoms with van der Waals surface area (Å²) >= 11 is 5.62. The second kappa shape index (κ2) is 5.93. The van der Waals surface area contributed by atoms with Gasteiger partial charge in [-0.1, -0.05) is 29.8 Å². The molecular weight excluding hydrogens is 214 g/mol. The highest BCUT2D eigenvalue weighted by atomic mass is 35.5. The summed E-state index contributed by atoms with van der Waals surface area (Å²) in [7, 11) is 0. The van der Waals surface area contributed by atoms with Crippen LogP contribution in [0.1, 0.15) is 6.92 Å². The molecule has 5 heteroatoms. The zero-order valence-corrected chi connectivity index (χ0v) is 8.90. The third kappa shape index (κ3) is 4.37. The second-order valence-corrected chi connectivity index (χ2v) is 2.99. The highest BCUT2D eigenvalue weighted by molar-refractivity contribution is 6.29. The van der Waals surface area contributed by atoms with Crippen molar-refractivity contribution in [3.8, 4) is 0 Å². The van der Waals surface area contributed by atoms with E-state index < -0.39 is 0 Å². The van der Waals surface area contributed by atoms with Crippen LogP contribution in [0.15, 0.2) is 36.7 Å². The summed E-state index contributed by atoms with van der Waals surface area (Å²) in [4.78, 5) is 18.8.